The molecule has 0 aromatic carbocycles. The van der Waals surface area contributed by atoms with Crippen molar-refractivity contribution in [1.29, 1.82) is 0 Å². The Morgan fingerprint density at radius 1 is 1.50 bits per heavy atom. The van der Waals surface area contributed by atoms with Gasteiger partial charge >= 0.3 is 0 Å². The molecule has 0 aliphatic carbocycles. The lowest BCUT2D eigenvalue weighted by atomic mass is 10.2. The number of carbonyl (C=O) groups is 1. The van der Waals surface area contributed by atoms with Crippen LogP contribution in [0.25, 0.3) is 11.3 Å². The van der Waals surface area contributed by atoms with Gasteiger partial charge in [0.25, 0.3) is 0 Å². The Morgan fingerprint density at radius 3 is 3.15 bits per heavy atom. The third-order valence-electron chi connectivity index (χ3n) is 2.70. The number of carbonyl (C=O) groups excluding carboxylic acids is 1. The number of nitrogens with one attached hydrogen (secondary N) is 1. The molecule has 106 valence electrons. The smallest absolute Gasteiger partial charge is 0.220 e. The minimum atomic E-state index is 0.0279. The van der Waals surface area contributed by atoms with Gasteiger partial charge in [0, 0.05) is 49.8 Å². The van der Waals surface area contributed by atoms with Crippen molar-refractivity contribution in [2.75, 3.05) is 20.3 Å². The van der Waals surface area contributed by atoms with Crippen LogP contribution in [0.15, 0.2) is 29.9 Å². The molecule has 0 radical (unpaired) electrons. The standard InChI is InChI=1S/C14H17N3O2S/c1-19-8-7-16-13(18)4-5-14-17-12(10-20-14)11-3-2-6-15-9-11/h2-3,6,9-10H,4-5,7-8H2,1H3,(H,16,18). The predicted molar refractivity (Wildman–Crippen MR) is 78.6 cm³/mol. The lowest BCUT2D eigenvalue weighted by Gasteiger charge is -2.02. The minimum Gasteiger partial charge on any atom is -0.383 e. The van der Waals surface area contributed by atoms with Crippen LogP contribution in [0, 0.1) is 0 Å². The summed E-state index contributed by atoms with van der Waals surface area (Å²) in [4.78, 5) is 20.2. The predicted octanol–water partition coefficient (Wildman–Crippen LogP) is 1.90. The maximum absolute atomic E-state index is 11.6. The van der Waals surface area contributed by atoms with Crippen LogP contribution in [0.3, 0.4) is 0 Å². The SMILES string of the molecule is COCCNC(=O)CCc1nc(-c2cccnc2)cs1. The molecule has 0 unspecified atom stereocenters. The molecule has 2 aromatic rings. The van der Waals surface area contributed by atoms with Crippen molar-refractivity contribution in [3.63, 3.8) is 0 Å². The highest BCUT2D eigenvalue weighted by Crippen LogP contribution is 2.21. The molecular formula is C14H17N3O2S. The minimum absolute atomic E-state index is 0.0279. The largest absolute Gasteiger partial charge is 0.383 e. The van der Waals surface area contributed by atoms with E-state index in [2.05, 4.69) is 15.3 Å². The summed E-state index contributed by atoms with van der Waals surface area (Å²) in [5.41, 5.74) is 1.91. The fourth-order valence-corrected chi connectivity index (χ4v) is 2.48. The van der Waals surface area contributed by atoms with E-state index in [1.54, 1.807) is 30.8 Å². The maximum atomic E-state index is 11.6. The van der Waals surface area contributed by atoms with E-state index in [0.717, 1.165) is 16.3 Å². The molecule has 6 heteroatoms. The van der Waals surface area contributed by atoms with Gasteiger partial charge in [-0.05, 0) is 12.1 Å². The molecular weight excluding hydrogens is 274 g/mol. The zero-order chi connectivity index (χ0) is 14.2. The molecule has 0 bridgehead atoms. The monoisotopic (exact) mass is 291 g/mol. The lowest BCUT2D eigenvalue weighted by Crippen LogP contribution is -2.27. The van der Waals surface area contributed by atoms with E-state index in [1.807, 2.05) is 17.5 Å². The van der Waals surface area contributed by atoms with Gasteiger partial charge in [-0.3, -0.25) is 9.78 Å². The number of hydrogen-bond acceptors (Lipinski definition) is 5. The van der Waals surface area contributed by atoms with Crippen LogP contribution in [-0.2, 0) is 16.0 Å². The summed E-state index contributed by atoms with van der Waals surface area (Å²) in [6.45, 7) is 1.09. The third-order valence-corrected chi connectivity index (χ3v) is 3.61. The van der Waals surface area contributed by atoms with Crippen LogP contribution in [0.5, 0.6) is 0 Å². The van der Waals surface area contributed by atoms with Gasteiger partial charge in [0.2, 0.25) is 5.91 Å². The number of aryl methyl sites for hydroxylation is 1. The molecule has 20 heavy (non-hydrogen) atoms. The first kappa shape index (κ1) is 14.6. The van der Waals surface area contributed by atoms with E-state index in [0.29, 0.717) is 26.0 Å². The Kier molecular flexibility index (Phi) is 5.64. The second-order valence-corrected chi connectivity index (χ2v) is 5.15. The summed E-state index contributed by atoms with van der Waals surface area (Å²) in [6, 6.07) is 3.86. The van der Waals surface area contributed by atoms with Gasteiger partial charge in [-0.2, -0.15) is 0 Å². The number of rotatable bonds is 7. The van der Waals surface area contributed by atoms with Gasteiger partial charge in [0.1, 0.15) is 0 Å². The van der Waals surface area contributed by atoms with E-state index in [9.17, 15) is 4.79 Å². The first-order valence-electron chi connectivity index (χ1n) is 6.40. The topological polar surface area (TPSA) is 64.1 Å². The van der Waals surface area contributed by atoms with E-state index >= 15 is 0 Å². The van der Waals surface area contributed by atoms with Gasteiger partial charge < -0.3 is 10.1 Å². The van der Waals surface area contributed by atoms with Crippen LogP contribution in [0.4, 0.5) is 0 Å². The Labute approximate surface area is 122 Å². The van der Waals surface area contributed by atoms with Crippen molar-refractivity contribution in [3.8, 4) is 11.3 Å². The van der Waals surface area contributed by atoms with Crippen LogP contribution >= 0.6 is 11.3 Å². The second-order valence-electron chi connectivity index (χ2n) is 4.21. The molecule has 0 spiro atoms. The summed E-state index contributed by atoms with van der Waals surface area (Å²) in [5, 5.41) is 5.75. The van der Waals surface area contributed by atoms with Gasteiger partial charge in [-0.1, -0.05) is 0 Å². The van der Waals surface area contributed by atoms with Crippen molar-refractivity contribution >= 4 is 17.2 Å². The zero-order valence-electron chi connectivity index (χ0n) is 11.3. The second kappa shape index (κ2) is 7.72. The van der Waals surface area contributed by atoms with Crippen LogP contribution in [-0.4, -0.2) is 36.1 Å². The molecule has 0 aliphatic heterocycles. The molecule has 2 heterocycles. The Hall–Kier alpha value is -1.79. The average Bonchev–Trinajstić information content (AvgIpc) is 2.95. The molecule has 2 rings (SSSR count). The first-order chi connectivity index (χ1) is 9.79. The Bertz CT molecular complexity index is 542. The molecule has 1 N–H and O–H groups in total. The van der Waals surface area contributed by atoms with Crippen LogP contribution < -0.4 is 5.32 Å². The zero-order valence-corrected chi connectivity index (χ0v) is 12.2. The summed E-state index contributed by atoms with van der Waals surface area (Å²) in [5.74, 6) is 0.0279. The van der Waals surface area contributed by atoms with Crippen molar-refractivity contribution in [2.45, 2.75) is 12.8 Å². The highest BCUT2D eigenvalue weighted by Gasteiger charge is 2.07. The number of amides is 1. The van der Waals surface area contributed by atoms with Crippen molar-refractivity contribution in [3.05, 3.63) is 34.9 Å². The Balaban J connectivity index is 1.83. The lowest BCUT2D eigenvalue weighted by molar-refractivity contribution is -0.121. The number of pyridine rings is 1. The fraction of sp³-hybridized carbons (Fsp3) is 0.357. The number of ether oxygens (including phenoxy) is 1. The summed E-state index contributed by atoms with van der Waals surface area (Å²) in [7, 11) is 1.61. The number of hydrogen-bond donors (Lipinski definition) is 1. The number of aromatic nitrogens is 2. The highest BCUT2D eigenvalue weighted by atomic mass is 32.1. The number of methoxy groups -OCH3 is 1. The molecule has 5 nitrogen and oxygen atoms in total. The number of thiazole rings is 1. The van der Waals surface area contributed by atoms with Crippen molar-refractivity contribution < 1.29 is 9.53 Å². The van der Waals surface area contributed by atoms with Crippen LogP contribution in [0.1, 0.15) is 11.4 Å². The number of nitrogens with zero attached hydrogens (tertiary/aromatic N) is 2. The fourth-order valence-electron chi connectivity index (χ4n) is 1.67. The third kappa shape index (κ3) is 4.40. The summed E-state index contributed by atoms with van der Waals surface area (Å²) < 4.78 is 4.88. The quantitative estimate of drug-likeness (QED) is 0.791. The molecule has 0 atom stereocenters. The van der Waals surface area contributed by atoms with Gasteiger partial charge in [0.15, 0.2) is 0 Å². The van der Waals surface area contributed by atoms with Crippen molar-refractivity contribution in [1.82, 2.24) is 15.3 Å². The molecule has 0 fully saturated rings. The first-order valence-corrected chi connectivity index (χ1v) is 7.28. The van der Waals surface area contributed by atoms with Crippen LogP contribution in [0.2, 0.25) is 0 Å². The summed E-state index contributed by atoms with van der Waals surface area (Å²) >= 11 is 1.57. The van der Waals surface area contributed by atoms with E-state index < -0.39 is 0 Å². The molecule has 0 saturated carbocycles. The van der Waals surface area contributed by atoms with Gasteiger partial charge in [-0.25, -0.2) is 4.98 Å². The molecule has 0 saturated heterocycles. The van der Waals surface area contributed by atoms with E-state index in [-0.39, 0.29) is 5.91 Å². The Morgan fingerprint density at radius 2 is 2.40 bits per heavy atom. The maximum Gasteiger partial charge on any atom is 0.220 e. The summed E-state index contributed by atoms with van der Waals surface area (Å²) in [6.07, 6.45) is 4.63. The van der Waals surface area contributed by atoms with Gasteiger partial charge in [0.05, 0.1) is 17.3 Å². The normalized spacial score (nSPS) is 10.4. The van der Waals surface area contributed by atoms with Crippen molar-refractivity contribution in [2.24, 2.45) is 0 Å². The molecule has 1 amide bonds. The average molecular weight is 291 g/mol. The molecule has 2 aromatic heterocycles. The van der Waals surface area contributed by atoms with E-state index in [4.69, 9.17) is 4.74 Å². The highest BCUT2D eigenvalue weighted by molar-refractivity contribution is 7.09. The molecule has 0 aliphatic rings. The van der Waals surface area contributed by atoms with E-state index in [1.165, 1.54) is 0 Å². The van der Waals surface area contributed by atoms with Gasteiger partial charge in [-0.15, -0.1) is 11.3 Å².